The summed E-state index contributed by atoms with van der Waals surface area (Å²) >= 11 is 0. The minimum absolute atomic E-state index is 0.252. The molecule has 6 nitrogen and oxygen atoms in total. The van der Waals surface area contributed by atoms with Gasteiger partial charge in [0, 0.05) is 33.2 Å². The van der Waals surface area contributed by atoms with Crippen molar-refractivity contribution in [1.29, 1.82) is 0 Å². The topological polar surface area (TPSA) is 59.1 Å². The number of morpholine rings is 1. The van der Waals surface area contributed by atoms with Gasteiger partial charge in [0.05, 0.1) is 17.6 Å². The van der Waals surface area contributed by atoms with E-state index < -0.39 is 10.0 Å². The standard InChI is InChI=1S/C16H26N2O4S/c1-13-12-22-14(2)11-18(13)9-10-21-15-5-7-16(8-6-15)23(19,20)17(3)4/h5-8,13-14H,9-12H2,1-4H3. The van der Waals surface area contributed by atoms with Crippen molar-refractivity contribution in [2.45, 2.75) is 30.9 Å². The Hall–Kier alpha value is -1.15. The Balaban J connectivity index is 1.87. The van der Waals surface area contributed by atoms with E-state index in [0.29, 0.717) is 18.4 Å². The highest BCUT2D eigenvalue weighted by Gasteiger charge is 2.23. The van der Waals surface area contributed by atoms with E-state index >= 15 is 0 Å². The maximum absolute atomic E-state index is 12.0. The molecule has 0 bridgehead atoms. The van der Waals surface area contributed by atoms with Crippen LogP contribution in [0.25, 0.3) is 0 Å². The molecule has 1 saturated heterocycles. The Bertz CT molecular complexity index is 601. The minimum Gasteiger partial charge on any atom is -0.492 e. The Morgan fingerprint density at radius 3 is 2.52 bits per heavy atom. The molecule has 2 atom stereocenters. The van der Waals surface area contributed by atoms with E-state index in [0.717, 1.165) is 19.7 Å². The molecule has 1 heterocycles. The van der Waals surface area contributed by atoms with Crippen molar-refractivity contribution in [3.8, 4) is 5.75 Å². The maximum atomic E-state index is 12.0. The molecule has 2 rings (SSSR count). The molecule has 0 aliphatic carbocycles. The van der Waals surface area contributed by atoms with E-state index in [4.69, 9.17) is 9.47 Å². The fourth-order valence-electron chi connectivity index (χ4n) is 2.48. The van der Waals surface area contributed by atoms with Crippen LogP contribution in [-0.2, 0) is 14.8 Å². The van der Waals surface area contributed by atoms with Crippen molar-refractivity contribution in [1.82, 2.24) is 9.21 Å². The molecular formula is C16H26N2O4S. The third-order valence-corrected chi connectivity index (χ3v) is 5.82. The summed E-state index contributed by atoms with van der Waals surface area (Å²) in [6.07, 6.45) is 0.252. The lowest BCUT2D eigenvalue weighted by Gasteiger charge is -2.36. The van der Waals surface area contributed by atoms with Crippen LogP contribution in [0.5, 0.6) is 5.75 Å². The second-order valence-electron chi connectivity index (χ2n) is 6.10. The average Bonchev–Trinajstić information content (AvgIpc) is 2.51. The molecule has 1 aromatic carbocycles. The molecule has 1 aromatic rings. The second kappa shape index (κ2) is 7.61. The van der Waals surface area contributed by atoms with Gasteiger partial charge in [-0.2, -0.15) is 0 Å². The summed E-state index contributed by atoms with van der Waals surface area (Å²) in [5.74, 6) is 0.677. The molecular weight excluding hydrogens is 316 g/mol. The van der Waals surface area contributed by atoms with Gasteiger partial charge >= 0.3 is 0 Å². The zero-order valence-corrected chi connectivity index (χ0v) is 15.0. The van der Waals surface area contributed by atoms with Crippen LogP contribution in [-0.4, -0.2) is 70.2 Å². The van der Waals surface area contributed by atoms with Gasteiger partial charge < -0.3 is 9.47 Å². The van der Waals surface area contributed by atoms with Crippen molar-refractivity contribution in [3.63, 3.8) is 0 Å². The van der Waals surface area contributed by atoms with Crippen LogP contribution >= 0.6 is 0 Å². The van der Waals surface area contributed by atoms with Crippen molar-refractivity contribution in [2.24, 2.45) is 0 Å². The third kappa shape index (κ3) is 4.67. The fraction of sp³-hybridized carbons (Fsp3) is 0.625. The van der Waals surface area contributed by atoms with Crippen LogP contribution in [0.1, 0.15) is 13.8 Å². The Morgan fingerprint density at radius 1 is 1.26 bits per heavy atom. The summed E-state index contributed by atoms with van der Waals surface area (Å²) in [6, 6.07) is 6.93. The number of rotatable bonds is 6. The first-order valence-electron chi connectivity index (χ1n) is 7.81. The van der Waals surface area contributed by atoms with Gasteiger partial charge in [-0.3, -0.25) is 4.90 Å². The van der Waals surface area contributed by atoms with E-state index in [9.17, 15) is 8.42 Å². The molecule has 130 valence electrons. The zero-order chi connectivity index (χ0) is 17.0. The molecule has 0 saturated carbocycles. The van der Waals surface area contributed by atoms with Gasteiger partial charge in [-0.15, -0.1) is 0 Å². The molecule has 1 fully saturated rings. The maximum Gasteiger partial charge on any atom is 0.242 e. The summed E-state index contributed by atoms with van der Waals surface area (Å²) < 4.78 is 36.5. The number of ether oxygens (including phenoxy) is 2. The van der Waals surface area contributed by atoms with Crippen LogP contribution in [0, 0.1) is 0 Å². The van der Waals surface area contributed by atoms with Gasteiger partial charge in [-0.25, -0.2) is 12.7 Å². The Kier molecular flexibility index (Phi) is 6.02. The van der Waals surface area contributed by atoms with Crippen LogP contribution in [0.3, 0.4) is 0 Å². The highest BCUT2D eigenvalue weighted by Crippen LogP contribution is 2.18. The van der Waals surface area contributed by atoms with Crippen molar-refractivity contribution >= 4 is 10.0 Å². The van der Waals surface area contributed by atoms with Crippen LogP contribution < -0.4 is 4.74 Å². The van der Waals surface area contributed by atoms with E-state index in [2.05, 4.69) is 18.7 Å². The van der Waals surface area contributed by atoms with Gasteiger partial charge in [0.2, 0.25) is 10.0 Å². The Morgan fingerprint density at radius 2 is 1.91 bits per heavy atom. The summed E-state index contributed by atoms with van der Waals surface area (Å²) in [6.45, 7) is 7.27. The molecule has 7 heteroatoms. The number of hydrogen-bond donors (Lipinski definition) is 0. The monoisotopic (exact) mass is 342 g/mol. The molecule has 0 radical (unpaired) electrons. The third-order valence-electron chi connectivity index (χ3n) is 3.99. The van der Waals surface area contributed by atoms with Gasteiger partial charge in [0.25, 0.3) is 0 Å². The van der Waals surface area contributed by atoms with Crippen LogP contribution in [0.15, 0.2) is 29.2 Å². The van der Waals surface area contributed by atoms with E-state index in [1.54, 1.807) is 24.3 Å². The summed E-state index contributed by atoms with van der Waals surface area (Å²) in [7, 11) is -0.353. The molecule has 0 aromatic heterocycles. The molecule has 0 N–H and O–H groups in total. The summed E-state index contributed by atoms with van der Waals surface area (Å²) in [5, 5.41) is 0. The Labute approximate surface area is 139 Å². The second-order valence-corrected chi connectivity index (χ2v) is 8.25. The first-order valence-corrected chi connectivity index (χ1v) is 9.25. The van der Waals surface area contributed by atoms with Gasteiger partial charge in [0.15, 0.2) is 0 Å². The van der Waals surface area contributed by atoms with E-state index in [1.807, 2.05) is 0 Å². The first kappa shape index (κ1) is 18.2. The summed E-state index contributed by atoms with van der Waals surface area (Å²) in [4.78, 5) is 2.62. The van der Waals surface area contributed by atoms with Gasteiger partial charge in [-0.05, 0) is 38.1 Å². The number of hydrogen-bond acceptors (Lipinski definition) is 5. The lowest BCUT2D eigenvalue weighted by Crippen LogP contribution is -2.48. The van der Waals surface area contributed by atoms with Crippen molar-refractivity contribution in [2.75, 3.05) is 40.4 Å². The summed E-state index contributed by atoms with van der Waals surface area (Å²) in [5.41, 5.74) is 0. The molecule has 1 aliphatic rings. The highest BCUT2D eigenvalue weighted by atomic mass is 32.2. The largest absolute Gasteiger partial charge is 0.492 e. The predicted octanol–water partition coefficient (Wildman–Crippen LogP) is 1.42. The van der Waals surface area contributed by atoms with Crippen LogP contribution in [0.2, 0.25) is 0 Å². The molecule has 1 aliphatic heterocycles. The number of nitrogens with zero attached hydrogens (tertiary/aromatic N) is 2. The minimum atomic E-state index is -3.39. The first-order chi connectivity index (χ1) is 10.8. The smallest absolute Gasteiger partial charge is 0.242 e. The SMILES string of the molecule is CC1CN(CCOc2ccc(S(=O)(=O)N(C)C)cc2)C(C)CO1. The predicted molar refractivity (Wildman–Crippen MR) is 89.3 cm³/mol. The average molecular weight is 342 g/mol. The molecule has 2 unspecified atom stereocenters. The van der Waals surface area contributed by atoms with Gasteiger partial charge in [0.1, 0.15) is 12.4 Å². The lowest BCUT2D eigenvalue weighted by atomic mass is 10.2. The zero-order valence-electron chi connectivity index (χ0n) is 14.2. The molecule has 23 heavy (non-hydrogen) atoms. The van der Waals surface area contributed by atoms with Crippen molar-refractivity contribution in [3.05, 3.63) is 24.3 Å². The number of sulfonamides is 1. The van der Waals surface area contributed by atoms with Crippen LogP contribution in [0.4, 0.5) is 0 Å². The fourth-order valence-corrected chi connectivity index (χ4v) is 3.38. The molecule has 0 spiro atoms. The van der Waals surface area contributed by atoms with E-state index in [-0.39, 0.29) is 11.0 Å². The van der Waals surface area contributed by atoms with E-state index in [1.165, 1.54) is 18.4 Å². The van der Waals surface area contributed by atoms with Gasteiger partial charge in [-0.1, -0.05) is 0 Å². The lowest BCUT2D eigenvalue weighted by molar-refractivity contribution is -0.0522. The normalized spacial score (nSPS) is 23.2. The molecule has 0 amide bonds. The highest BCUT2D eigenvalue weighted by molar-refractivity contribution is 7.89. The quantitative estimate of drug-likeness (QED) is 0.783. The number of benzene rings is 1. The van der Waals surface area contributed by atoms with Crippen molar-refractivity contribution < 1.29 is 17.9 Å².